The summed E-state index contributed by atoms with van der Waals surface area (Å²) >= 11 is 0. The molecule has 4 rings (SSSR count). The summed E-state index contributed by atoms with van der Waals surface area (Å²) in [6, 6.07) is 19.8. The standard InChI is InChI=1S/C22H23N3O2/c26-21(16-17-7-3-1-4-8-17)25-13-11-18(12-14-25)15-20-23-22(24-27-20)19-9-5-2-6-10-19/h1-10,18H,11-16H2. The normalized spacial score (nSPS) is 15.0. The Morgan fingerprint density at radius 3 is 2.37 bits per heavy atom. The number of carbonyl (C=O) groups excluding carboxylic acids is 1. The molecule has 1 saturated heterocycles. The van der Waals surface area contributed by atoms with Gasteiger partial charge in [0, 0.05) is 25.1 Å². The van der Waals surface area contributed by atoms with Gasteiger partial charge in [0.1, 0.15) is 0 Å². The van der Waals surface area contributed by atoms with Crippen LogP contribution in [0.1, 0.15) is 24.3 Å². The van der Waals surface area contributed by atoms with E-state index in [9.17, 15) is 4.79 Å². The van der Waals surface area contributed by atoms with Gasteiger partial charge in [-0.25, -0.2) is 0 Å². The number of rotatable bonds is 5. The average molecular weight is 361 g/mol. The van der Waals surface area contributed by atoms with Crippen LogP contribution in [0, 0.1) is 5.92 Å². The highest BCUT2D eigenvalue weighted by Crippen LogP contribution is 2.23. The molecule has 0 unspecified atom stereocenters. The first-order chi connectivity index (χ1) is 13.3. The van der Waals surface area contributed by atoms with Crippen LogP contribution in [-0.2, 0) is 17.6 Å². The van der Waals surface area contributed by atoms with E-state index in [4.69, 9.17) is 4.52 Å². The van der Waals surface area contributed by atoms with Crippen LogP contribution >= 0.6 is 0 Å². The van der Waals surface area contributed by atoms with Crippen LogP contribution in [-0.4, -0.2) is 34.0 Å². The van der Waals surface area contributed by atoms with Gasteiger partial charge in [-0.1, -0.05) is 65.8 Å². The van der Waals surface area contributed by atoms with Gasteiger partial charge < -0.3 is 9.42 Å². The van der Waals surface area contributed by atoms with Gasteiger partial charge >= 0.3 is 0 Å². The number of hydrogen-bond donors (Lipinski definition) is 0. The molecule has 3 aromatic rings. The predicted octanol–water partition coefficient (Wildman–Crippen LogP) is 3.76. The van der Waals surface area contributed by atoms with Crippen LogP contribution in [0.5, 0.6) is 0 Å². The highest BCUT2D eigenvalue weighted by molar-refractivity contribution is 5.78. The molecule has 1 fully saturated rings. The number of carbonyl (C=O) groups is 1. The molecule has 5 heteroatoms. The number of benzene rings is 2. The van der Waals surface area contributed by atoms with Gasteiger partial charge in [0.05, 0.1) is 6.42 Å². The minimum atomic E-state index is 0.212. The van der Waals surface area contributed by atoms with Crippen LogP contribution < -0.4 is 0 Å². The van der Waals surface area contributed by atoms with Gasteiger partial charge in [-0.15, -0.1) is 0 Å². The van der Waals surface area contributed by atoms with E-state index in [1.165, 1.54) is 0 Å². The minimum Gasteiger partial charge on any atom is -0.342 e. The van der Waals surface area contributed by atoms with Crippen LogP contribution in [0.3, 0.4) is 0 Å². The van der Waals surface area contributed by atoms with Crippen molar-refractivity contribution in [2.75, 3.05) is 13.1 Å². The van der Waals surface area contributed by atoms with E-state index in [1.807, 2.05) is 65.6 Å². The zero-order valence-electron chi connectivity index (χ0n) is 15.3. The summed E-state index contributed by atoms with van der Waals surface area (Å²) in [7, 11) is 0. The molecule has 1 amide bonds. The lowest BCUT2D eigenvalue weighted by molar-refractivity contribution is -0.131. The lowest BCUT2D eigenvalue weighted by atomic mass is 9.93. The number of nitrogens with zero attached hydrogens (tertiary/aromatic N) is 3. The maximum atomic E-state index is 12.5. The quantitative estimate of drug-likeness (QED) is 0.694. The van der Waals surface area contributed by atoms with Gasteiger partial charge in [-0.3, -0.25) is 4.79 Å². The topological polar surface area (TPSA) is 59.2 Å². The monoisotopic (exact) mass is 361 g/mol. The van der Waals surface area contributed by atoms with Crippen molar-refractivity contribution in [3.63, 3.8) is 0 Å². The summed E-state index contributed by atoms with van der Waals surface area (Å²) < 4.78 is 5.43. The fourth-order valence-corrected chi connectivity index (χ4v) is 3.56. The van der Waals surface area contributed by atoms with E-state index in [2.05, 4.69) is 10.1 Å². The molecule has 1 aromatic heterocycles. The SMILES string of the molecule is O=C(Cc1ccccc1)N1CCC(Cc2nc(-c3ccccc3)no2)CC1. The van der Waals surface area contributed by atoms with E-state index < -0.39 is 0 Å². The zero-order chi connectivity index (χ0) is 18.5. The second-order valence-corrected chi connectivity index (χ2v) is 7.07. The molecule has 0 N–H and O–H groups in total. The molecule has 0 aliphatic carbocycles. The van der Waals surface area contributed by atoms with Gasteiger partial charge in [0.2, 0.25) is 17.6 Å². The lowest BCUT2D eigenvalue weighted by Crippen LogP contribution is -2.39. The fraction of sp³-hybridized carbons (Fsp3) is 0.318. The van der Waals surface area contributed by atoms with Crippen molar-refractivity contribution < 1.29 is 9.32 Å². The fourth-order valence-electron chi connectivity index (χ4n) is 3.56. The summed E-state index contributed by atoms with van der Waals surface area (Å²) in [4.78, 5) is 19.0. The number of likely N-dealkylation sites (tertiary alicyclic amines) is 1. The van der Waals surface area contributed by atoms with Gasteiger partial charge in [0.25, 0.3) is 0 Å². The molecule has 27 heavy (non-hydrogen) atoms. The van der Waals surface area contributed by atoms with Crippen LogP contribution in [0.25, 0.3) is 11.4 Å². The van der Waals surface area contributed by atoms with E-state index in [0.29, 0.717) is 24.1 Å². The minimum absolute atomic E-state index is 0.212. The summed E-state index contributed by atoms with van der Waals surface area (Å²) in [6.07, 6.45) is 3.21. The van der Waals surface area contributed by atoms with E-state index in [0.717, 1.165) is 43.5 Å². The van der Waals surface area contributed by atoms with E-state index in [-0.39, 0.29) is 5.91 Å². The van der Waals surface area contributed by atoms with E-state index in [1.54, 1.807) is 0 Å². The Morgan fingerprint density at radius 1 is 1.00 bits per heavy atom. The number of piperidine rings is 1. The third kappa shape index (κ3) is 4.42. The molecule has 2 aromatic carbocycles. The third-order valence-electron chi connectivity index (χ3n) is 5.13. The Bertz CT molecular complexity index is 869. The van der Waals surface area contributed by atoms with Crippen LogP contribution in [0.2, 0.25) is 0 Å². The second-order valence-electron chi connectivity index (χ2n) is 7.07. The van der Waals surface area contributed by atoms with Gasteiger partial charge in [-0.2, -0.15) is 4.98 Å². The Balaban J connectivity index is 1.28. The zero-order valence-corrected chi connectivity index (χ0v) is 15.3. The molecule has 2 heterocycles. The smallest absolute Gasteiger partial charge is 0.227 e. The lowest BCUT2D eigenvalue weighted by Gasteiger charge is -2.31. The Kier molecular flexibility index (Phi) is 5.28. The Morgan fingerprint density at radius 2 is 1.67 bits per heavy atom. The van der Waals surface area contributed by atoms with Crippen molar-refractivity contribution >= 4 is 5.91 Å². The molecule has 0 atom stereocenters. The molecule has 5 nitrogen and oxygen atoms in total. The predicted molar refractivity (Wildman–Crippen MR) is 103 cm³/mol. The molecule has 1 aliphatic heterocycles. The number of aromatic nitrogens is 2. The van der Waals surface area contributed by atoms with Crippen LogP contribution in [0.4, 0.5) is 0 Å². The Hall–Kier alpha value is -2.95. The number of hydrogen-bond acceptors (Lipinski definition) is 4. The molecule has 138 valence electrons. The third-order valence-corrected chi connectivity index (χ3v) is 5.13. The highest BCUT2D eigenvalue weighted by atomic mass is 16.5. The second kappa shape index (κ2) is 8.16. The molecule has 0 saturated carbocycles. The molecule has 0 bridgehead atoms. The summed E-state index contributed by atoms with van der Waals surface area (Å²) in [5.74, 6) is 2.02. The molecule has 0 spiro atoms. The van der Waals surface area contributed by atoms with Crippen molar-refractivity contribution in [3.8, 4) is 11.4 Å². The maximum Gasteiger partial charge on any atom is 0.227 e. The molecular formula is C22H23N3O2. The van der Waals surface area contributed by atoms with Crippen LogP contribution in [0.15, 0.2) is 65.2 Å². The van der Waals surface area contributed by atoms with Gasteiger partial charge in [0.15, 0.2) is 0 Å². The molecule has 0 radical (unpaired) electrons. The maximum absolute atomic E-state index is 12.5. The van der Waals surface area contributed by atoms with E-state index >= 15 is 0 Å². The Labute approximate surface area is 159 Å². The van der Waals surface area contributed by atoms with Crippen molar-refractivity contribution in [2.45, 2.75) is 25.7 Å². The van der Waals surface area contributed by atoms with Crippen molar-refractivity contribution in [3.05, 3.63) is 72.1 Å². The summed E-state index contributed by atoms with van der Waals surface area (Å²) in [5, 5.41) is 4.09. The first-order valence-corrected chi connectivity index (χ1v) is 9.47. The van der Waals surface area contributed by atoms with Crippen molar-refractivity contribution in [2.24, 2.45) is 5.92 Å². The highest BCUT2D eigenvalue weighted by Gasteiger charge is 2.24. The van der Waals surface area contributed by atoms with Gasteiger partial charge in [-0.05, 0) is 24.3 Å². The largest absolute Gasteiger partial charge is 0.342 e. The van der Waals surface area contributed by atoms with Crippen molar-refractivity contribution in [1.82, 2.24) is 15.0 Å². The average Bonchev–Trinajstić information content (AvgIpc) is 3.18. The summed E-state index contributed by atoms with van der Waals surface area (Å²) in [6.45, 7) is 1.60. The summed E-state index contributed by atoms with van der Waals surface area (Å²) in [5.41, 5.74) is 2.04. The first kappa shape index (κ1) is 17.5. The molecular weight excluding hydrogens is 338 g/mol. The van der Waals surface area contributed by atoms with Crippen molar-refractivity contribution in [1.29, 1.82) is 0 Å². The number of amides is 1. The first-order valence-electron chi connectivity index (χ1n) is 9.47. The molecule has 1 aliphatic rings.